The van der Waals surface area contributed by atoms with Gasteiger partial charge in [-0.1, -0.05) is 0 Å². The van der Waals surface area contributed by atoms with E-state index in [9.17, 15) is 0 Å². The third-order valence-corrected chi connectivity index (χ3v) is 3.43. The number of thioether (sulfide) groups is 2. The third-order valence-electron chi connectivity index (χ3n) is 1.39. The Morgan fingerprint density at radius 1 is 1.18 bits per heavy atom. The molecular formula is C8H10S3. The third kappa shape index (κ3) is 2.36. The molecule has 0 saturated carbocycles. The van der Waals surface area contributed by atoms with Crippen molar-refractivity contribution in [1.82, 2.24) is 0 Å². The Kier molecular flexibility index (Phi) is 3.69. The highest BCUT2D eigenvalue weighted by molar-refractivity contribution is 7.99. The minimum absolute atomic E-state index is 1.07. The van der Waals surface area contributed by atoms with Crippen LogP contribution in [0, 0.1) is 0 Å². The van der Waals surface area contributed by atoms with E-state index >= 15 is 0 Å². The van der Waals surface area contributed by atoms with Gasteiger partial charge < -0.3 is 0 Å². The van der Waals surface area contributed by atoms with Crippen LogP contribution in [0.3, 0.4) is 0 Å². The number of benzene rings is 1. The molecule has 0 fully saturated rings. The Morgan fingerprint density at radius 3 is 2.45 bits per heavy atom. The van der Waals surface area contributed by atoms with Crippen molar-refractivity contribution in [1.29, 1.82) is 0 Å². The van der Waals surface area contributed by atoms with Crippen molar-refractivity contribution >= 4 is 36.2 Å². The van der Waals surface area contributed by atoms with Crippen molar-refractivity contribution < 1.29 is 0 Å². The Hall–Kier alpha value is 0.270. The Balaban J connectivity index is 3.02. The topological polar surface area (TPSA) is 0 Å². The smallest absolute Gasteiger partial charge is 0.0214 e. The average Bonchev–Trinajstić information content (AvgIpc) is 2.05. The van der Waals surface area contributed by atoms with Gasteiger partial charge in [0.05, 0.1) is 0 Å². The van der Waals surface area contributed by atoms with E-state index < -0.39 is 0 Å². The maximum Gasteiger partial charge on any atom is 0.0214 e. The van der Waals surface area contributed by atoms with E-state index in [1.54, 1.807) is 23.5 Å². The maximum atomic E-state index is 4.33. The number of rotatable bonds is 2. The van der Waals surface area contributed by atoms with E-state index in [2.05, 4.69) is 37.3 Å². The molecule has 0 radical (unpaired) electrons. The SMILES string of the molecule is CSc1ccc(S)c(SC)c1. The first-order valence-electron chi connectivity index (χ1n) is 3.19. The van der Waals surface area contributed by atoms with Crippen molar-refractivity contribution in [2.24, 2.45) is 0 Å². The van der Waals surface area contributed by atoms with E-state index in [1.165, 1.54) is 9.79 Å². The van der Waals surface area contributed by atoms with Crippen LogP contribution >= 0.6 is 36.2 Å². The molecule has 1 aromatic carbocycles. The Bertz CT molecular complexity index is 245. The fourth-order valence-corrected chi connectivity index (χ4v) is 2.23. The van der Waals surface area contributed by atoms with Gasteiger partial charge in [-0.25, -0.2) is 0 Å². The molecule has 0 saturated heterocycles. The molecule has 1 rings (SSSR count). The molecule has 0 aliphatic rings. The van der Waals surface area contributed by atoms with E-state index in [4.69, 9.17) is 0 Å². The first kappa shape index (κ1) is 9.36. The van der Waals surface area contributed by atoms with Gasteiger partial charge in [-0.05, 0) is 30.7 Å². The highest BCUT2D eigenvalue weighted by Gasteiger charge is 1.97. The summed E-state index contributed by atoms with van der Waals surface area (Å²) in [7, 11) is 0. The lowest BCUT2D eigenvalue weighted by Gasteiger charge is -2.02. The van der Waals surface area contributed by atoms with Gasteiger partial charge in [0.1, 0.15) is 0 Å². The highest BCUT2D eigenvalue weighted by atomic mass is 32.2. The monoisotopic (exact) mass is 202 g/mol. The molecule has 0 unspecified atom stereocenters. The Labute approximate surface area is 81.6 Å². The second-order valence-corrected chi connectivity index (χ2v) is 4.25. The summed E-state index contributed by atoms with van der Waals surface area (Å²) >= 11 is 7.83. The van der Waals surface area contributed by atoms with E-state index in [0.717, 1.165) is 4.90 Å². The number of thiol groups is 1. The summed E-state index contributed by atoms with van der Waals surface area (Å²) in [5, 5.41) is 0. The van der Waals surface area contributed by atoms with Crippen LogP contribution in [-0.4, -0.2) is 12.5 Å². The summed E-state index contributed by atoms with van der Waals surface area (Å²) in [6.07, 6.45) is 4.15. The van der Waals surface area contributed by atoms with Gasteiger partial charge in [0, 0.05) is 14.7 Å². The average molecular weight is 202 g/mol. The predicted octanol–water partition coefficient (Wildman–Crippen LogP) is 3.42. The van der Waals surface area contributed by atoms with Crippen LogP contribution in [0.25, 0.3) is 0 Å². The fourth-order valence-electron chi connectivity index (χ4n) is 0.785. The zero-order valence-corrected chi connectivity index (χ0v) is 9.02. The van der Waals surface area contributed by atoms with Crippen molar-refractivity contribution in [2.75, 3.05) is 12.5 Å². The molecule has 0 spiro atoms. The lowest BCUT2D eigenvalue weighted by atomic mass is 10.4. The largest absolute Gasteiger partial charge is 0.142 e. The van der Waals surface area contributed by atoms with Gasteiger partial charge in [-0.2, -0.15) is 0 Å². The van der Waals surface area contributed by atoms with Crippen LogP contribution in [0.1, 0.15) is 0 Å². The molecule has 0 aromatic heterocycles. The number of hydrogen-bond acceptors (Lipinski definition) is 3. The second kappa shape index (κ2) is 4.33. The van der Waals surface area contributed by atoms with Crippen LogP contribution < -0.4 is 0 Å². The molecule has 0 N–H and O–H groups in total. The molecule has 0 bridgehead atoms. The number of hydrogen-bond donors (Lipinski definition) is 1. The zero-order valence-electron chi connectivity index (χ0n) is 6.50. The lowest BCUT2D eigenvalue weighted by Crippen LogP contribution is -1.75. The van der Waals surface area contributed by atoms with Crippen LogP contribution in [0.5, 0.6) is 0 Å². The molecular weight excluding hydrogens is 192 g/mol. The van der Waals surface area contributed by atoms with Gasteiger partial charge in [0.25, 0.3) is 0 Å². The molecule has 3 heteroatoms. The van der Waals surface area contributed by atoms with Gasteiger partial charge in [0.2, 0.25) is 0 Å². The summed E-state index contributed by atoms with van der Waals surface area (Å²) in [5.74, 6) is 0. The molecule has 0 heterocycles. The fraction of sp³-hybridized carbons (Fsp3) is 0.250. The highest BCUT2D eigenvalue weighted by Crippen LogP contribution is 2.27. The molecule has 0 aliphatic carbocycles. The van der Waals surface area contributed by atoms with Crippen LogP contribution in [0.2, 0.25) is 0 Å². The minimum atomic E-state index is 1.07. The van der Waals surface area contributed by atoms with E-state index in [0.29, 0.717) is 0 Å². The summed E-state index contributed by atoms with van der Waals surface area (Å²) in [6.45, 7) is 0. The van der Waals surface area contributed by atoms with Crippen molar-refractivity contribution in [3.8, 4) is 0 Å². The molecule has 0 aliphatic heterocycles. The summed E-state index contributed by atoms with van der Waals surface area (Å²) in [5.41, 5.74) is 0. The molecule has 11 heavy (non-hydrogen) atoms. The van der Waals surface area contributed by atoms with Crippen molar-refractivity contribution in [3.63, 3.8) is 0 Å². The van der Waals surface area contributed by atoms with Gasteiger partial charge in [0.15, 0.2) is 0 Å². The molecule has 0 amide bonds. The molecule has 1 aromatic rings. The van der Waals surface area contributed by atoms with Crippen molar-refractivity contribution in [2.45, 2.75) is 14.7 Å². The summed E-state index contributed by atoms with van der Waals surface area (Å²) in [6, 6.07) is 6.30. The zero-order chi connectivity index (χ0) is 8.27. The van der Waals surface area contributed by atoms with Crippen LogP contribution in [0.15, 0.2) is 32.9 Å². The molecule has 0 nitrogen and oxygen atoms in total. The van der Waals surface area contributed by atoms with E-state index in [1.807, 2.05) is 6.07 Å². The standard InChI is InChI=1S/C8H10S3/c1-10-6-3-4-7(9)8(5-6)11-2/h3-5,9H,1-2H3. The quantitative estimate of drug-likeness (QED) is 0.576. The Morgan fingerprint density at radius 2 is 1.91 bits per heavy atom. The molecule has 60 valence electrons. The maximum absolute atomic E-state index is 4.33. The summed E-state index contributed by atoms with van der Waals surface area (Å²) in [4.78, 5) is 3.61. The predicted molar refractivity (Wildman–Crippen MR) is 57.3 cm³/mol. The van der Waals surface area contributed by atoms with Crippen molar-refractivity contribution in [3.05, 3.63) is 18.2 Å². The van der Waals surface area contributed by atoms with Crippen LogP contribution in [-0.2, 0) is 0 Å². The summed E-state index contributed by atoms with van der Waals surface area (Å²) < 4.78 is 0. The normalized spacial score (nSPS) is 10.1. The van der Waals surface area contributed by atoms with Crippen LogP contribution in [0.4, 0.5) is 0 Å². The van der Waals surface area contributed by atoms with Gasteiger partial charge >= 0.3 is 0 Å². The minimum Gasteiger partial charge on any atom is -0.142 e. The van der Waals surface area contributed by atoms with E-state index in [-0.39, 0.29) is 0 Å². The molecule has 0 atom stereocenters. The first-order chi connectivity index (χ1) is 5.27. The lowest BCUT2D eigenvalue weighted by molar-refractivity contribution is 1.20. The second-order valence-electron chi connectivity index (χ2n) is 2.04. The van der Waals surface area contributed by atoms with Gasteiger partial charge in [-0.15, -0.1) is 36.2 Å². The first-order valence-corrected chi connectivity index (χ1v) is 6.08. The van der Waals surface area contributed by atoms with Gasteiger partial charge in [-0.3, -0.25) is 0 Å².